The van der Waals surface area contributed by atoms with Gasteiger partial charge in [-0.05, 0) is 98.9 Å². The summed E-state index contributed by atoms with van der Waals surface area (Å²) in [4.78, 5) is 44.4. The van der Waals surface area contributed by atoms with Crippen LogP contribution in [0.5, 0.6) is 23.0 Å². The zero-order chi connectivity index (χ0) is 42.6. The minimum Gasteiger partial charge on any atom is -0.459 e. The third kappa shape index (κ3) is 9.56. The van der Waals surface area contributed by atoms with Crippen molar-refractivity contribution in [1.29, 1.82) is 0 Å². The molecule has 6 rings (SSSR count). The van der Waals surface area contributed by atoms with E-state index in [-0.39, 0.29) is 62.0 Å². The Hall–Kier alpha value is -5.57. The Morgan fingerprint density at radius 1 is 1.02 bits per heavy atom. The van der Waals surface area contributed by atoms with Gasteiger partial charge in [-0.1, -0.05) is 49.2 Å². The van der Waals surface area contributed by atoms with E-state index in [0.717, 1.165) is 43.1 Å². The van der Waals surface area contributed by atoms with E-state index < -0.39 is 28.8 Å². The molecule has 14 nitrogen and oxygen atoms in total. The van der Waals surface area contributed by atoms with Gasteiger partial charge in [0.25, 0.3) is 5.69 Å². The molecular formula is C46H55N3O11. The van der Waals surface area contributed by atoms with Gasteiger partial charge in [-0.15, -0.1) is 6.58 Å². The van der Waals surface area contributed by atoms with Crippen molar-refractivity contribution in [1.82, 2.24) is 4.90 Å². The summed E-state index contributed by atoms with van der Waals surface area (Å²) in [5.74, 6) is -0.588. The van der Waals surface area contributed by atoms with Crippen molar-refractivity contribution < 1.29 is 48.5 Å². The number of hydrogen-bond donors (Lipinski definition) is 2. The first-order valence-corrected chi connectivity index (χ1v) is 20.9. The van der Waals surface area contributed by atoms with E-state index in [2.05, 4.69) is 12.7 Å². The highest BCUT2D eigenvalue weighted by molar-refractivity contribution is 6.03. The molecule has 6 atom stereocenters. The van der Waals surface area contributed by atoms with Gasteiger partial charge in [0.1, 0.15) is 41.9 Å². The molecule has 3 aromatic carbocycles. The van der Waals surface area contributed by atoms with E-state index in [9.17, 15) is 29.9 Å². The van der Waals surface area contributed by atoms with Crippen LogP contribution < -0.4 is 14.2 Å². The summed E-state index contributed by atoms with van der Waals surface area (Å²) in [7, 11) is 0. The maximum Gasteiger partial charge on any atom is 0.415 e. The number of aldehydes is 1. The fourth-order valence-electron chi connectivity index (χ4n) is 9.05. The highest BCUT2D eigenvalue weighted by Gasteiger charge is 2.65. The molecule has 1 amide bonds. The van der Waals surface area contributed by atoms with E-state index in [1.165, 1.54) is 24.3 Å². The minimum absolute atomic E-state index is 0.00855. The summed E-state index contributed by atoms with van der Waals surface area (Å²) in [6.07, 6.45) is 9.07. The van der Waals surface area contributed by atoms with Crippen molar-refractivity contribution in [2.24, 2.45) is 22.9 Å². The molecule has 1 saturated carbocycles. The van der Waals surface area contributed by atoms with Crippen molar-refractivity contribution >= 4 is 23.8 Å². The van der Waals surface area contributed by atoms with Gasteiger partial charge < -0.3 is 34.0 Å². The van der Waals surface area contributed by atoms with Crippen LogP contribution in [0.25, 0.3) is 0 Å². The number of aliphatic hydroxyl groups is 2. The second-order valence-electron chi connectivity index (χ2n) is 15.3. The van der Waals surface area contributed by atoms with Crippen molar-refractivity contribution in [2.45, 2.75) is 83.0 Å². The second-order valence-corrected chi connectivity index (χ2v) is 15.3. The van der Waals surface area contributed by atoms with Gasteiger partial charge in [0.05, 0.1) is 23.2 Å². The number of aliphatic hydroxyl groups excluding tert-OH is 2. The Morgan fingerprint density at radius 2 is 1.75 bits per heavy atom. The fraction of sp³-hybridized carbons (Fsp3) is 0.457. The molecule has 1 heterocycles. The Balaban J connectivity index is 1.55. The standard InChI is InChI=1S/C46H55N3O11/c1-4-22-48(45(53)59-34-18-16-33(17-19-34)49(54)55)42-29-40(47-57-6-3)38-27-32(13-7-9-23-50)37(15-8-10-24-51)43-39-28-36(58-35-14-11-12-31(26-35)30-52)20-21-41(39)60-46(42,44(38)43)56-25-5-2/h5,11-12,14,16-21,26-28,30,32,37,42-44,50-51H,2,4,6-10,13,15,22-25,29H2,1,3H3/t32-,37+,42-,43+,44+,46+/m0/s1. The summed E-state index contributed by atoms with van der Waals surface area (Å²) in [6, 6.07) is 17.1. The number of amides is 1. The number of ether oxygens (including phenoxy) is 4. The highest BCUT2D eigenvalue weighted by Crippen LogP contribution is 2.62. The number of nitro groups is 1. The molecule has 1 aliphatic heterocycles. The monoisotopic (exact) mass is 825 g/mol. The number of non-ortho nitro benzene ring substituents is 1. The predicted molar refractivity (Wildman–Crippen MR) is 225 cm³/mol. The van der Waals surface area contributed by atoms with Gasteiger partial charge in [-0.25, -0.2) is 4.79 Å². The van der Waals surface area contributed by atoms with Crippen LogP contribution in [0.4, 0.5) is 10.5 Å². The molecule has 0 bridgehead atoms. The van der Waals surface area contributed by atoms with Crippen LogP contribution in [0.2, 0.25) is 0 Å². The molecule has 0 unspecified atom stereocenters. The van der Waals surface area contributed by atoms with Crippen LogP contribution in [-0.2, 0) is 9.57 Å². The lowest BCUT2D eigenvalue weighted by atomic mass is 9.55. The maximum absolute atomic E-state index is 14.5. The maximum atomic E-state index is 14.5. The van der Waals surface area contributed by atoms with Crippen LogP contribution in [0, 0.1) is 27.9 Å². The normalized spacial score (nSPS) is 23.3. The molecule has 60 heavy (non-hydrogen) atoms. The number of nitrogens with zero attached hydrogens (tertiary/aromatic N) is 3. The van der Waals surface area contributed by atoms with Crippen molar-refractivity contribution in [2.75, 3.05) is 33.0 Å². The van der Waals surface area contributed by atoms with Gasteiger partial charge in [-0.3, -0.25) is 19.8 Å². The summed E-state index contributed by atoms with van der Waals surface area (Å²) in [6.45, 7) is 8.56. The van der Waals surface area contributed by atoms with Gasteiger partial charge in [0, 0.05) is 55.4 Å². The first kappa shape index (κ1) is 44.0. The molecule has 3 aliphatic rings. The van der Waals surface area contributed by atoms with Gasteiger partial charge >= 0.3 is 6.09 Å². The van der Waals surface area contributed by atoms with Crippen molar-refractivity contribution in [3.8, 4) is 23.0 Å². The molecule has 2 aliphatic carbocycles. The topological polar surface area (TPSA) is 179 Å². The van der Waals surface area contributed by atoms with Crippen LogP contribution in [0.15, 0.2) is 96.2 Å². The molecule has 0 spiro atoms. The molecule has 1 fully saturated rings. The van der Waals surface area contributed by atoms with E-state index >= 15 is 0 Å². The SMILES string of the molecule is C=CCO[C@@]12Oc3ccc(Oc4cccc(C=O)c4)cc3[C@H]3[C@H](CCCCO)[C@@H](CCCCO)C=C(C(=NOCC)C[C@@H]1N(CCC)C(=O)Oc1ccc([N+](=O)[O-])cc1)[C@H]32. The van der Waals surface area contributed by atoms with Gasteiger partial charge in [-0.2, -0.15) is 0 Å². The third-order valence-electron chi connectivity index (χ3n) is 11.5. The Morgan fingerprint density at radius 3 is 2.43 bits per heavy atom. The number of fused-ring (bicyclic) bond motifs is 2. The lowest BCUT2D eigenvalue weighted by molar-refractivity contribution is -0.384. The van der Waals surface area contributed by atoms with Crippen molar-refractivity contribution in [3.05, 3.63) is 112 Å². The van der Waals surface area contributed by atoms with Crippen LogP contribution in [0.3, 0.4) is 0 Å². The Bertz CT molecular complexity index is 2040. The molecule has 14 heteroatoms. The summed E-state index contributed by atoms with van der Waals surface area (Å²) in [5, 5.41) is 35.8. The minimum atomic E-state index is -1.50. The molecule has 0 saturated heterocycles. The number of rotatable bonds is 21. The van der Waals surface area contributed by atoms with Crippen molar-refractivity contribution in [3.63, 3.8) is 0 Å². The number of allylic oxidation sites excluding steroid dienone is 1. The quantitative estimate of drug-likeness (QED) is 0.0345. The number of oxime groups is 1. The molecule has 0 aromatic heterocycles. The lowest BCUT2D eigenvalue weighted by Crippen LogP contribution is -2.70. The molecule has 0 radical (unpaired) electrons. The van der Waals surface area contributed by atoms with Crippen LogP contribution >= 0.6 is 0 Å². The lowest BCUT2D eigenvalue weighted by Gasteiger charge is -2.59. The molecule has 3 aromatic rings. The number of carbonyl (C=O) groups excluding carboxylic acids is 2. The summed E-state index contributed by atoms with van der Waals surface area (Å²) >= 11 is 0. The van der Waals surface area contributed by atoms with Crippen LogP contribution in [0.1, 0.15) is 87.1 Å². The summed E-state index contributed by atoms with van der Waals surface area (Å²) < 4.78 is 26.5. The van der Waals surface area contributed by atoms with Gasteiger partial charge in [0.2, 0.25) is 5.79 Å². The van der Waals surface area contributed by atoms with E-state index in [1.54, 1.807) is 41.3 Å². The number of carbonyl (C=O) groups is 2. The highest BCUT2D eigenvalue weighted by atomic mass is 16.7. The largest absolute Gasteiger partial charge is 0.459 e. The zero-order valence-electron chi connectivity index (χ0n) is 34.3. The first-order chi connectivity index (χ1) is 29.2. The van der Waals surface area contributed by atoms with Gasteiger partial charge in [0.15, 0.2) is 0 Å². The average Bonchev–Trinajstić information content (AvgIpc) is 3.25. The average molecular weight is 826 g/mol. The zero-order valence-corrected chi connectivity index (χ0v) is 34.3. The Kier molecular flexibility index (Phi) is 15.1. The fourth-order valence-corrected chi connectivity index (χ4v) is 9.05. The van der Waals surface area contributed by atoms with E-state index in [4.69, 9.17) is 28.9 Å². The molecular weight excluding hydrogens is 771 g/mol. The first-order valence-electron chi connectivity index (χ1n) is 20.9. The van der Waals surface area contributed by atoms with Crippen LogP contribution in [-0.4, -0.2) is 82.9 Å². The smallest absolute Gasteiger partial charge is 0.415 e. The summed E-state index contributed by atoms with van der Waals surface area (Å²) in [5.41, 5.74) is 2.75. The number of hydrogen-bond acceptors (Lipinski definition) is 12. The number of unbranched alkanes of at least 4 members (excludes halogenated alkanes) is 2. The molecule has 320 valence electrons. The third-order valence-corrected chi connectivity index (χ3v) is 11.5. The Labute approximate surface area is 350 Å². The molecule has 2 N–H and O–H groups in total. The van der Waals surface area contributed by atoms with E-state index in [1.807, 2.05) is 26.0 Å². The number of nitro benzene ring substituents is 1. The number of benzene rings is 3. The second kappa shape index (κ2) is 20.6. The van der Waals surface area contributed by atoms with E-state index in [0.29, 0.717) is 54.4 Å². The predicted octanol–water partition coefficient (Wildman–Crippen LogP) is 8.76.